The normalized spacial score (nSPS) is 27.8. The molecule has 0 radical (unpaired) electrons. The Morgan fingerprint density at radius 1 is 1.19 bits per heavy atom. The molecule has 5 nitrogen and oxygen atoms in total. The van der Waals surface area contributed by atoms with Gasteiger partial charge in [-0.1, -0.05) is 0 Å². The van der Waals surface area contributed by atoms with Crippen molar-refractivity contribution in [1.29, 1.82) is 0 Å². The van der Waals surface area contributed by atoms with Crippen molar-refractivity contribution >= 4 is 11.8 Å². The zero-order chi connectivity index (χ0) is 11.5. The number of piperidine rings is 1. The Balaban J connectivity index is 1.78. The zero-order valence-electron chi connectivity index (χ0n) is 9.39. The molecule has 2 fully saturated rings. The van der Waals surface area contributed by atoms with Crippen LogP contribution in [0.5, 0.6) is 0 Å². The molecule has 0 aromatic heterocycles. The Morgan fingerprint density at radius 3 is 2.50 bits per heavy atom. The lowest BCUT2D eigenvalue weighted by Gasteiger charge is -2.30. The smallest absolute Gasteiger partial charge is 0.229 e. The molecule has 1 N–H and O–H groups in total. The highest BCUT2D eigenvalue weighted by atomic mass is 16.3. The first-order valence-corrected chi connectivity index (χ1v) is 5.90. The van der Waals surface area contributed by atoms with Gasteiger partial charge >= 0.3 is 0 Å². The molecule has 2 saturated heterocycles. The van der Waals surface area contributed by atoms with E-state index >= 15 is 0 Å². The van der Waals surface area contributed by atoms with Crippen molar-refractivity contribution in [3.63, 3.8) is 0 Å². The molecule has 1 atom stereocenters. The van der Waals surface area contributed by atoms with Crippen molar-refractivity contribution in [3.8, 4) is 0 Å². The van der Waals surface area contributed by atoms with Gasteiger partial charge in [-0.25, -0.2) is 0 Å². The quantitative estimate of drug-likeness (QED) is 0.665. The van der Waals surface area contributed by atoms with E-state index in [2.05, 4.69) is 4.90 Å². The predicted molar refractivity (Wildman–Crippen MR) is 57.6 cm³/mol. The van der Waals surface area contributed by atoms with E-state index in [1.165, 1.54) is 4.90 Å². The fraction of sp³-hybridized carbons (Fsp3) is 0.818. The molecule has 2 aliphatic rings. The van der Waals surface area contributed by atoms with Crippen LogP contribution in [-0.2, 0) is 9.59 Å². The maximum absolute atomic E-state index is 11.4. The maximum atomic E-state index is 11.4. The van der Waals surface area contributed by atoms with Crippen molar-refractivity contribution < 1.29 is 14.7 Å². The maximum Gasteiger partial charge on any atom is 0.229 e. The van der Waals surface area contributed by atoms with Gasteiger partial charge in [-0.3, -0.25) is 19.4 Å². The van der Waals surface area contributed by atoms with Gasteiger partial charge in [0.25, 0.3) is 0 Å². The van der Waals surface area contributed by atoms with Crippen LogP contribution in [0.15, 0.2) is 0 Å². The number of likely N-dealkylation sites (tertiary alicyclic amines) is 2. The fourth-order valence-corrected chi connectivity index (χ4v) is 2.35. The third-order valence-corrected chi connectivity index (χ3v) is 3.28. The highest BCUT2D eigenvalue weighted by molar-refractivity contribution is 6.01. The van der Waals surface area contributed by atoms with Gasteiger partial charge in [-0.15, -0.1) is 0 Å². The molecule has 0 aliphatic carbocycles. The Kier molecular flexibility index (Phi) is 3.56. The van der Waals surface area contributed by atoms with E-state index in [0.717, 1.165) is 19.4 Å². The summed E-state index contributed by atoms with van der Waals surface area (Å²) in [5.74, 6) is -0.106. The lowest BCUT2D eigenvalue weighted by atomic mass is 10.1. The average molecular weight is 226 g/mol. The predicted octanol–water partition coefficient (Wildman–Crippen LogP) is -0.408. The molecular weight excluding hydrogens is 208 g/mol. The van der Waals surface area contributed by atoms with Crippen molar-refractivity contribution in [3.05, 3.63) is 0 Å². The van der Waals surface area contributed by atoms with E-state index in [0.29, 0.717) is 32.5 Å². The van der Waals surface area contributed by atoms with Crippen LogP contribution in [0, 0.1) is 0 Å². The molecule has 5 heteroatoms. The molecule has 0 aromatic rings. The minimum atomic E-state index is -0.251. The summed E-state index contributed by atoms with van der Waals surface area (Å²) in [5.41, 5.74) is 0. The molecule has 2 rings (SSSR count). The van der Waals surface area contributed by atoms with Crippen LogP contribution in [0.3, 0.4) is 0 Å². The molecular formula is C11H18N2O3. The van der Waals surface area contributed by atoms with Gasteiger partial charge in [0.15, 0.2) is 0 Å². The zero-order valence-corrected chi connectivity index (χ0v) is 9.39. The topological polar surface area (TPSA) is 60.9 Å². The highest BCUT2D eigenvalue weighted by Gasteiger charge is 2.29. The van der Waals surface area contributed by atoms with E-state index in [1.807, 2.05) is 0 Å². The van der Waals surface area contributed by atoms with E-state index in [1.54, 1.807) is 0 Å². The van der Waals surface area contributed by atoms with Crippen molar-refractivity contribution in [1.82, 2.24) is 9.80 Å². The first-order valence-electron chi connectivity index (χ1n) is 5.90. The molecule has 2 heterocycles. The van der Waals surface area contributed by atoms with E-state index < -0.39 is 0 Å². The molecule has 0 aromatic carbocycles. The molecule has 2 aliphatic heterocycles. The molecule has 90 valence electrons. The van der Waals surface area contributed by atoms with Gasteiger partial charge in [0.05, 0.1) is 6.10 Å². The van der Waals surface area contributed by atoms with Crippen LogP contribution in [0.25, 0.3) is 0 Å². The number of amides is 2. The van der Waals surface area contributed by atoms with Crippen molar-refractivity contribution in [2.45, 2.75) is 31.8 Å². The molecule has 0 spiro atoms. The van der Waals surface area contributed by atoms with Crippen molar-refractivity contribution in [2.24, 2.45) is 0 Å². The molecule has 16 heavy (non-hydrogen) atoms. The molecule has 0 unspecified atom stereocenters. The second-order valence-electron chi connectivity index (χ2n) is 4.54. The number of nitrogens with zero attached hydrogens (tertiary/aromatic N) is 2. The summed E-state index contributed by atoms with van der Waals surface area (Å²) >= 11 is 0. The van der Waals surface area contributed by atoms with Gasteiger partial charge < -0.3 is 5.11 Å². The van der Waals surface area contributed by atoms with Gasteiger partial charge in [0, 0.05) is 32.5 Å². The first kappa shape index (κ1) is 11.5. The Labute approximate surface area is 95.0 Å². The highest BCUT2D eigenvalue weighted by Crippen LogP contribution is 2.13. The van der Waals surface area contributed by atoms with Crippen LogP contribution < -0.4 is 0 Å². The van der Waals surface area contributed by atoms with Crippen LogP contribution in [0.1, 0.15) is 25.7 Å². The van der Waals surface area contributed by atoms with Crippen LogP contribution in [0.2, 0.25) is 0 Å². The van der Waals surface area contributed by atoms with Gasteiger partial charge in [-0.05, 0) is 19.4 Å². The molecule has 0 bridgehead atoms. The Bertz CT molecular complexity index is 277. The summed E-state index contributed by atoms with van der Waals surface area (Å²) in [4.78, 5) is 26.2. The number of carbonyl (C=O) groups is 2. The number of aliphatic hydroxyl groups excluding tert-OH is 1. The second-order valence-corrected chi connectivity index (χ2v) is 4.54. The number of imide groups is 1. The van der Waals surface area contributed by atoms with Gasteiger partial charge in [0.2, 0.25) is 11.8 Å². The number of β-amino-alcohol motifs (C(OH)–C–C–N with tert-alkyl or cyclic N) is 1. The summed E-state index contributed by atoms with van der Waals surface area (Å²) in [7, 11) is 0. The number of hydrogen-bond donors (Lipinski definition) is 1. The number of aliphatic hydroxyl groups is 1. The molecule has 0 saturated carbocycles. The number of carbonyl (C=O) groups excluding carboxylic acids is 2. The summed E-state index contributed by atoms with van der Waals surface area (Å²) < 4.78 is 0. The Hall–Kier alpha value is -0.940. The summed E-state index contributed by atoms with van der Waals surface area (Å²) in [6.07, 6.45) is 2.32. The van der Waals surface area contributed by atoms with Crippen LogP contribution in [0.4, 0.5) is 0 Å². The van der Waals surface area contributed by atoms with Crippen LogP contribution in [-0.4, -0.2) is 59.0 Å². The summed E-state index contributed by atoms with van der Waals surface area (Å²) in [6, 6.07) is 0. The SMILES string of the molecule is O=C1CCC(=O)N1CCN1CCC[C@H](O)C1. The largest absolute Gasteiger partial charge is 0.392 e. The van der Waals surface area contributed by atoms with Gasteiger partial charge in [0.1, 0.15) is 0 Å². The average Bonchev–Trinajstić information content (AvgIpc) is 2.56. The molecule has 2 amide bonds. The van der Waals surface area contributed by atoms with Gasteiger partial charge in [-0.2, -0.15) is 0 Å². The van der Waals surface area contributed by atoms with E-state index in [9.17, 15) is 14.7 Å². The first-order chi connectivity index (χ1) is 7.66. The lowest BCUT2D eigenvalue weighted by Crippen LogP contribution is -2.43. The third kappa shape index (κ3) is 2.59. The second kappa shape index (κ2) is 4.93. The van der Waals surface area contributed by atoms with E-state index in [4.69, 9.17) is 0 Å². The minimum Gasteiger partial charge on any atom is -0.392 e. The minimum absolute atomic E-state index is 0.0532. The summed E-state index contributed by atoms with van der Waals surface area (Å²) in [6.45, 7) is 2.78. The Morgan fingerprint density at radius 2 is 1.88 bits per heavy atom. The number of hydrogen-bond acceptors (Lipinski definition) is 4. The van der Waals surface area contributed by atoms with Crippen LogP contribution >= 0.6 is 0 Å². The van der Waals surface area contributed by atoms with E-state index in [-0.39, 0.29) is 17.9 Å². The summed E-state index contributed by atoms with van der Waals surface area (Å²) in [5, 5.41) is 9.49. The monoisotopic (exact) mass is 226 g/mol. The lowest BCUT2D eigenvalue weighted by molar-refractivity contribution is -0.138. The van der Waals surface area contributed by atoms with Crippen molar-refractivity contribution in [2.75, 3.05) is 26.2 Å². The third-order valence-electron chi connectivity index (χ3n) is 3.28. The fourth-order valence-electron chi connectivity index (χ4n) is 2.35. The number of rotatable bonds is 3. The standard InChI is InChI=1S/C11H18N2O3/c14-9-2-1-5-12(8-9)6-7-13-10(15)3-4-11(13)16/h9,14H,1-8H2/t9-/m0/s1.